The number of hydrogen-bond donors (Lipinski definition) is 0. The van der Waals surface area contributed by atoms with Gasteiger partial charge in [-0.1, -0.05) is 158 Å². The molecule has 0 saturated carbocycles. The zero-order valence-electron chi connectivity index (χ0n) is 27.9. The average Bonchev–Trinajstić information content (AvgIpc) is 3.84. The molecular formula is C48H32N2Si. The van der Waals surface area contributed by atoms with E-state index in [1.807, 2.05) is 0 Å². The third-order valence-electron chi connectivity index (χ3n) is 11.0. The second kappa shape index (κ2) is 10.8. The van der Waals surface area contributed by atoms with E-state index in [0.29, 0.717) is 0 Å². The lowest BCUT2D eigenvalue weighted by molar-refractivity contribution is 1.20. The van der Waals surface area contributed by atoms with Crippen LogP contribution >= 0.6 is 0 Å². The summed E-state index contributed by atoms with van der Waals surface area (Å²) in [5.41, 5.74) is 10.1. The second-order valence-electron chi connectivity index (χ2n) is 13.8. The quantitative estimate of drug-likeness (QED) is 0.166. The Labute approximate surface area is 297 Å². The molecule has 0 atom stereocenters. The summed E-state index contributed by atoms with van der Waals surface area (Å²) in [5.74, 6) is 0. The highest BCUT2D eigenvalue weighted by molar-refractivity contribution is 7.02. The normalized spacial score (nSPS) is 13.3. The van der Waals surface area contributed by atoms with Crippen molar-refractivity contribution in [2.24, 2.45) is 0 Å². The van der Waals surface area contributed by atoms with Crippen LogP contribution in [-0.4, -0.2) is 16.9 Å². The summed E-state index contributed by atoms with van der Waals surface area (Å²) < 4.78 is 5.52. The van der Waals surface area contributed by atoms with Gasteiger partial charge in [-0.05, 0) is 90.6 Å². The fraction of sp³-hybridized carbons (Fsp3) is 0. The third-order valence-corrected chi connectivity index (χ3v) is 15.6. The van der Waals surface area contributed by atoms with Crippen molar-refractivity contribution in [3.05, 3.63) is 194 Å². The van der Waals surface area contributed by atoms with Crippen LogP contribution in [0.25, 0.3) is 77.0 Å². The van der Waals surface area contributed by atoms with Gasteiger partial charge in [0.25, 0.3) is 0 Å². The van der Waals surface area contributed by atoms with Crippen molar-refractivity contribution in [1.82, 2.24) is 8.47 Å². The minimum Gasteiger partial charge on any atom is -0.341 e. The molecule has 1 aliphatic rings. The van der Waals surface area contributed by atoms with Gasteiger partial charge in [0.15, 0.2) is 0 Å². The van der Waals surface area contributed by atoms with Crippen molar-refractivity contribution in [2.45, 2.75) is 0 Å². The van der Waals surface area contributed by atoms with Crippen LogP contribution in [0.3, 0.4) is 0 Å². The van der Waals surface area contributed by atoms with Crippen LogP contribution in [0.4, 0.5) is 0 Å². The summed E-state index contributed by atoms with van der Waals surface area (Å²) >= 11 is 0. The Morgan fingerprint density at radius 1 is 0.275 bits per heavy atom. The summed E-state index contributed by atoms with van der Waals surface area (Å²) in [7, 11) is -3.04. The highest BCUT2D eigenvalue weighted by Crippen LogP contribution is 2.44. The minimum absolute atomic E-state index is 1.23. The van der Waals surface area contributed by atoms with Crippen molar-refractivity contribution in [2.75, 3.05) is 0 Å². The molecule has 51 heavy (non-hydrogen) atoms. The molecule has 2 nitrogen and oxygen atoms in total. The van der Waals surface area contributed by atoms with Crippen LogP contribution in [0.5, 0.6) is 0 Å². The maximum absolute atomic E-state index is 3.04. The molecule has 0 unspecified atom stereocenters. The van der Waals surface area contributed by atoms with E-state index in [9.17, 15) is 0 Å². The Kier molecular flexibility index (Phi) is 6.01. The highest BCUT2D eigenvalue weighted by atomic mass is 28.3. The monoisotopic (exact) mass is 664 g/mol. The molecule has 10 aromatic rings. The minimum atomic E-state index is -3.04. The standard InChI is InChI=1S/C48H32N2Si/c1-3-11-33(12-4-1)35-19-23-43(24-20-35)51(44-25-21-36(22-26-44)34-13-5-2-6-14-34)49-45-29-39-17-9-7-15-37(39)27-41(45)31-47(49)48-32-42-28-38-16-8-10-18-40(38)30-46(42)50(48)51/h1-32H. The molecule has 0 amide bonds. The summed E-state index contributed by atoms with van der Waals surface area (Å²) in [6.07, 6.45) is 0. The Hall–Kier alpha value is -6.42. The lowest BCUT2D eigenvalue weighted by atomic mass is 10.1. The lowest BCUT2D eigenvalue weighted by Crippen LogP contribution is -2.67. The van der Waals surface area contributed by atoms with Gasteiger partial charge in [-0.25, -0.2) is 0 Å². The number of benzene rings is 8. The van der Waals surface area contributed by atoms with Gasteiger partial charge in [0.2, 0.25) is 0 Å². The maximum Gasteiger partial charge on any atom is 0.340 e. The summed E-state index contributed by atoms with van der Waals surface area (Å²) in [4.78, 5) is 0. The van der Waals surface area contributed by atoms with Crippen molar-refractivity contribution in [3.63, 3.8) is 0 Å². The molecule has 238 valence electrons. The Bertz CT molecular complexity index is 2730. The van der Waals surface area contributed by atoms with E-state index in [2.05, 4.69) is 203 Å². The molecule has 0 bridgehead atoms. The molecule has 0 fully saturated rings. The van der Waals surface area contributed by atoms with Crippen LogP contribution in [0.1, 0.15) is 0 Å². The predicted molar refractivity (Wildman–Crippen MR) is 217 cm³/mol. The Morgan fingerprint density at radius 3 is 1.00 bits per heavy atom. The molecule has 11 rings (SSSR count). The first-order valence-electron chi connectivity index (χ1n) is 17.7. The smallest absolute Gasteiger partial charge is 0.340 e. The van der Waals surface area contributed by atoms with Crippen LogP contribution < -0.4 is 10.4 Å². The first kappa shape index (κ1) is 28.4. The van der Waals surface area contributed by atoms with E-state index < -0.39 is 8.40 Å². The first-order chi connectivity index (χ1) is 25.3. The number of nitrogens with zero attached hydrogens (tertiary/aromatic N) is 2. The van der Waals surface area contributed by atoms with Gasteiger partial charge in [0.05, 0.1) is 11.4 Å². The van der Waals surface area contributed by atoms with Gasteiger partial charge in [-0.3, -0.25) is 0 Å². The molecule has 3 heteroatoms. The van der Waals surface area contributed by atoms with Gasteiger partial charge in [-0.2, -0.15) is 0 Å². The van der Waals surface area contributed by atoms with Crippen molar-refractivity contribution < 1.29 is 0 Å². The third kappa shape index (κ3) is 4.10. The number of aromatic nitrogens is 2. The zero-order chi connectivity index (χ0) is 33.5. The van der Waals surface area contributed by atoms with Crippen molar-refractivity contribution in [1.29, 1.82) is 0 Å². The van der Waals surface area contributed by atoms with Crippen LogP contribution in [-0.2, 0) is 0 Å². The maximum atomic E-state index is 2.76. The predicted octanol–water partition coefficient (Wildman–Crippen LogP) is 10.9. The second-order valence-corrected chi connectivity index (χ2v) is 17.2. The molecule has 0 saturated heterocycles. The fourth-order valence-electron chi connectivity index (χ4n) is 8.70. The van der Waals surface area contributed by atoms with Crippen molar-refractivity contribution >= 4 is 62.1 Å². The topological polar surface area (TPSA) is 9.86 Å². The van der Waals surface area contributed by atoms with E-state index in [4.69, 9.17) is 0 Å². The molecule has 0 aliphatic carbocycles. The van der Waals surface area contributed by atoms with Gasteiger partial charge in [0, 0.05) is 21.8 Å². The lowest BCUT2D eigenvalue weighted by Gasteiger charge is -2.34. The number of rotatable bonds is 4. The van der Waals surface area contributed by atoms with Crippen LogP contribution in [0.15, 0.2) is 194 Å². The van der Waals surface area contributed by atoms with Crippen molar-refractivity contribution in [3.8, 4) is 33.6 Å². The Balaban J connectivity index is 1.28. The molecule has 1 aliphatic heterocycles. The molecule has 2 aromatic heterocycles. The van der Waals surface area contributed by atoms with E-state index >= 15 is 0 Å². The zero-order valence-corrected chi connectivity index (χ0v) is 28.9. The molecule has 8 aromatic carbocycles. The van der Waals surface area contributed by atoms with Gasteiger partial charge >= 0.3 is 8.40 Å². The average molecular weight is 665 g/mol. The van der Waals surface area contributed by atoms with Crippen LogP contribution in [0.2, 0.25) is 0 Å². The molecular weight excluding hydrogens is 633 g/mol. The van der Waals surface area contributed by atoms with E-state index in [0.717, 1.165) is 0 Å². The summed E-state index contributed by atoms with van der Waals surface area (Å²) in [6, 6.07) is 72.5. The van der Waals surface area contributed by atoms with Crippen LogP contribution in [0, 0.1) is 0 Å². The Morgan fingerprint density at radius 2 is 0.608 bits per heavy atom. The highest BCUT2D eigenvalue weighted by Gasteiger charge is 2.51. The summed E-state index contributed by atoms with van der Waals surface area (Å²) in [5, 5.41) is 10.3. The largest absolute Gasteiger partial charge is 0.341 e. The van der Waals surface area contributed by atoms with E-state index in [1.165, 1.54) is 87.4 Å². The molecule has 0 radical (unpaired) electrons. The van der Waals surface area contributed by atoms with Gasteiger partial charge in [-0.15, -0.1) is 0 Å². The van der Waals surface area contributed by atoms with E-state index in [-0.39, 0.29) is 0 Å². The molecule has 3 heterocycles. The number of hydrogen-bond acceptors (Lipinski definition) is 0. The first-order valence-corrected chi connectivity index (χ1v) is 19.6. The number of fused-ring (bicyclic) bond motifs is 9. The molecule has 0 spiro atoms. The van der Waals surface area contributed by atoms with Gasteiger partial charge in [0.1, 0.15) is 0 Å². The fourth-order valence-corrected chi connectivity index (χ4v) is 13.7. The van der Waals surface area contributed by atoms with Gasteiger partial charge < -0.3 is 8.47 Å². The molecule has 0 N–H and O–H groups in total. The SMILES string of the molecule is c1ccc(-c2ccc([Si]3(c4ccc(-c5ccccc5)cc4)n4c(cc5cc6ccccc6cc54)-c4cc5cc6ccccc6cc5n43)cc2)cc1. The summed E-state index contributed by atoms with van der Waals surface area (Å²) in [6.45, 7) is 0. The van der Waals surface area contributed by atoms with E-state index in [1.54, 1.807) is 0 Å².